The fourth-order valence-electron chi connectivity index (χ4n) is 10.9. The molecule has 292 valence electrons. The van der Waals surface area contributed by atoms with Gasteiger partial charge >= 0.3 is 0 Å². The Morgan fingerprint density at radius 3 is 1.49 bits per heavy atom. The summed E-state index contributed by atoms with van der Waals surface area (Å²) in [6.45, 7) is 21.2. The highest BCUT2D eigenvalue weighted by atomic mass is 15.2. The minimum Gasteiger partial charge on any atom is -0.311 e. The maximum Gasteiger partial charge on any atom is 0.252 e. The van der Waals surface area contributed by atoms with Crippen molar-refractivity contribution in [2.24, 2.45) is 0 Å². The summed E-state index contributed by atoms with van der Waals surface area (Å²) in [6, 6.07) is 52.6. The highest BCUT2D eigenvalue weighted by Crippen LogP contribution is 2.52. The Kier molecular flexibility index (Phi) is 8.55. The topological polar surface area (TPSA) is 9.72 Å². The van der Waals surface area contributed by atoms with Crippen LogP contribution in [0.1, 0.15) is 79.5 Å². The van der Waals surface area contributed by atoms with Crippen molar-refractivity contribution in [3.05, 3.63) is 178 Å². The molecule has 0 saturated carbocycles. The lowest BCUT2D eigenvalue weighted by Gasteiger charge is -2.48. The molecule has 0 fully saturated rings. The van der Waals surface area contributed by atoms with Crippen LogP contribution in [0.25, 0.3) is 0 Å². The molecular formula is C55H54BN3. The highest BCUT2D eigenvalue weighted by molar-refractivity contribution is 7.00. The predicted octanol–water partition coefficient (Wildman–Crippen LogP) is 13.1. The van der Waals surface area contributed by atoms with Crippen LogP contribution in [-0.4, -0.2) is 6.71 Å². The highest BCUT2D eigenvalue weighted by Gasteiger charge is 2.47. The number of para-hydroxylation sites is 3. The van der Waals surface area contributed by atoms with Crippen LogP contribution in [-0.2, 0) is 10.8 Å². The van der Waals surface area contributed by atoms with E-state index in [1.54, 1.807) is 0 Å². The molecule has 0 saturated heterocycles. The van der Waals surface area contributed by atoms with Crippen LogP contribution in [0, 0.1) is 34.6 Å². The molecule has 59 heavy (non-hydrogen) atoms. The first kappa shape index (κ1) is 37.3. The normalized spacial score (nSPS) is 15.6. The summed E-state index contributed by atoms with van der Waals surface area (Å²) in [5.41, 5.74) is 24.6. The first-order chi connectivity index (χ1) is 28.3. The van der Waals surface area contributed by atoms with Crippen LogP contribution in [0.15, 0.2) is 140 Å². The molecule has 2 heterocycles. The number of aryl methyl sites for hydroxylation is 5. The van der Waals surface area contributed by atoms with E-state index in [2.05, 4.69) is 217 Å². The lowest BCUT2D eigenvalue weighted by Crippen LogP contribution is -2.62. The van der Waals surface area contributed by atoms with Crippen LogP contribution in [0.2, 0.25) is 0 Å². The monoisotopic (exact) mass is 767 g/mol. The molecule has 0 amide bonds. The Balaban J connectivity index is 1.32. The maximum atomic E-state index is 2.65. The van der Waals surface area contributed by atoms with Gasteiger partial charge in [0, 0.05) is 39.8 Å². The quantitative estimate of drug-likeness (QED) is 0.162. The molecule has 0 atom stereocenters. The Morgan fingerprint density at radius 2 is 0.932 bits per heavy atom. The molecule has 0 radical (unpaired) electrons. The van der Waals surface area contributed by atoms with Crippen molar-refractivity contribution < 1.29 is 0 Å². The standard InChI is InChI=1S/C55H54BN3/c1-35-30-38(4)53(39(5)31-35)59-48-25-17-24-47-51(48)56(46-33-43-44(34-50(46)59)55(8,9)29-28-54(43,6)7)45-27-26-42(32-49(45)58(47)52-36(2)18-16-19-37(52)3)57(40-20-12-10-13-21-40)41-22-14-11-15-23-41/h10-27,30-34H,28-29H2,1-9H3. The summed E-state index contributed by atoms with van der Waals surface area (Å²) in [4.78, 5) is 7.63. The molecule has 7 aromatic rings. The molecule has 0 spiro atoms. The van der Waals surface area contributed by atoms with Crippen LogP contribution >= 0.6 is 0 Å². The van der Waals surface area contributed by atoms with Gasteiger partial charge in [0.05, 0.1) is 11.4 Å². The molecule has 7 aromatic carbocycles. The van der Waals surface area contributed by atoms with E-state index in [0.717, 1.165) is 17.1 Å². The van der Waals surface area contributed by atoms with Gasteiger partial charge < -0.3 is 14.7 Å². The number of anilines is 9. The van der Waals surface area contributed by atoms with Crippen molar-refractivity contribution in [2.45, 2.75) is 86.0 Å². The van der Waals surface area contributed by atoms with Crippen molar-refractivity contribution in [2.75, 3.05) is 14.7 Å². The molecule has 0 aromatic heterocycles. The van der Waals surface area contributed by atoms with Gasteiger partial charge in [-0.15, -0.1) is 0 Å². The fraction of sp³-hybridized carbons (Fsp3) is 0.236. The molecule has 0 N–H and O–H groups in total. The van der Waals surface area contributed by atoms with E-state index < -0.39 is 0 Å². The smallest absolute Gasteiger partial charge is 0.252 e. The Labute approximate surface area is 352 Å². The second-order valence-electron chi connectivity index (χ2n) is 18.8. The van der Waals surface area contributed by atoms with Gasteiger partial charge in [-0.25, -0.2) is 0 Å². The van der Waals surface area contributed by atoms with Crippen LogP contribution in [0.3, 0.4) is 0 Å². The van der Waals surface area contributed by atoms with Gasteiger partial charge in [0.15, 0.2) is 0 Å². The molecule has 0 unspecified atom stereocenters. The maximum absolute atomic E-state index is 2.65. The zero-order valence-corrected chi connectivity index (χ0v) is 36.1. The summed E-state index contributed by atoms with van der Waals surface area (Å²) in [5.74, 6) is 0. The molecule has 3 aliphatic rings. The van der Waals surface area contributed by atoms with E-state index in [-0.39, 0.29) is 17.5 Å². The summed E-state index contributed by atoms with van der Waals surface area (Å²) in [7, 11) is 0. The Hall–Kier alpha value is -6.00. The Morgan fingerprint density at radius 1 is 0.441 bits per heavy atom. The molecular weight excluding hydrogens is 713 g/mol. The van der Waals surface area contributed by atoms with Gasteiger partial charge in [0.25, 0.3) is 6.71 Å². The summed E-state index contributed by atoms with van der Waals surface area (Å²) in [5, 5.41) is 0. The fourth-order valence-corrected chi connectivity index (χ4v) is 10.9. The average Bonchev–Trinajstić information content (AvgIpc) is 3.21. The van der Waals surface area contributed by atoms with Gasteiger partial charge in [0.2, 0.25) is 0 Å². The van der Waals surface area contributed by atoms with Crippen molar-refractivity contribution in [3.8, 4) is 0 Å². The van der Waals surface area contributed by atoms with Gasteiger partial charge in [-0.1, -0.05) is 118 Å². The minimum atomic E-state index is 0.0381. The number of rotatable bonds is 5. The third-order valence-electron chi connectivity index (χ3n) is 13.8. The van der Waals surface area contributed by atoms with Gasteiger partial charge in [-0.05, 0) is 163 Å². The van der Waals surface area contributed by atoms with E-state index in [9.17, 15) is 0 Å². The van der Waals surface area contributed by atoms with Gasteiger partial charge in [-0.3, -0.25) is 0 Å². The summed E-state index contributed by atoms with van der Waals surface area (Å²) >= 11 is 0. The lowest BCUT2D eigenvalue weighted by molar-refractivity contribution is 0.332. The molecule has 3 nitrogen and oxygen atoms in total. The van der Waals surface area contributed by atoms with Crippen molar-refractivity contribution in [1.29, 1.82) is 0 Å². The molecule has 10 rings (SSSR count). The second kappa shape index (κ2) is 13.5. The van der Waals surface area contributed by atoms with Crippen LogP contribution < -0.4 is 31.1 Å². The van der Waals surface area contributed by atoms with Crippen molar-refractivity contribution in [3.63, 3.8) is 0 Å². The predicted molar refractivity (Wildman–Crippen MR) is 254 cm³/mol. The largest absolute Gasteiger partial charge is 0.311 e. The van der Waals surface area contributed by atoms with Crippen LogP contribution in [0.4, 0.5) is 51.2 Å². The third-order valence-corrected chi connectivity index (χ3v) is 13.8. The molecule has 0 bridgehead atoms. The first-order valence-corrected chi connectivity index (χ1v) is 21.4. The Bertz CT molecular complexity index is 2720. The number of hydrogen-bond donors (Lipinski definition) is 0. The number of hydrogen-bond acceptors (Lipinski definition) is 3. The molecule has 1 aliphatic carbocycles. The molecule has 4 heteroatoms. The SMILES string of the molecule is Cc1cc(C)c(N2c3cc4c(cc3B3c5ccc(N(c6ccccc6)c6ccccc6)cc5N(c5c(C)cccc5C)c5cccc2c53)C(C)(C)CCC4(C)C)c(C)c1. The number of fused-ring (bicyclic) bond motifs is 5. The van der Waals surface area contributed by atoms with Gasteiger partial charge in [-0.2, -0.15) is 0 Å². The van der Waals surface area contributed by atoms with Crippen molar-refractivity contribution >= 4 is 74.3 Å². The van der Waals surface area contributed by atoms with Crippen LogP contribution in [0.5, 0.6) is 0 Å². The van der Waals surface area contributed by atoms with Gasteiger partial charge in [0.1, 0.15) is 0 Å². The van der Waals surface area contributed by atoms with E-state index in [1.165, 1.54) is 102 Å². The van der Waals surface area contributed by atoms with Crippen molar-refractivity contribution in [1.82, 2.24) is 0 Å². The number of benzene rings is 7. The van der Waals surface area contributed by atoms with E-state index in [1.807, 2.05) is 0 Å². The molecule has 2 aliphatic heterocycles. The zero-order chi connectivity index (χ0) is 41.0. The summed E-state index contributed by atoms with van der Waals surface area (Å²) < 4.78 is 0. The average molecular weight is 768 g/mol. The summed E-state index contributed by atoms with van der Waals surface area (Å²) in [6.07, 6.45) is 2.35. The second-order valence-corrected chi connectivity index (χ2v) is 18.8. The minimum absolute atomic E-state index is 0.0381. The zero-order valence-electron chi connectivity index (χ0n) is 36.1. The lowest BCUT2D eigenvalue weighted by atomic mass is 9.33. The third kappa shape index (κ3) is 5.78. The van der Waals surface area contributed by atoms with E-state index in [0.29, 0.717) is 0 Å². The first-order valence-electron chi connectivity index (χ1n) is 21.4. The number of nitrogens with zero attached hydrogens (tertiary/aromatic N) is 3. The van der Waals surface area contributed by atoms with E-state index in [4.69, 9.17) is 0 Å². The van der Waals surface area contributed by atoms with E-state index >= 15 is 0 Å².